The molecule has 0 spiro atoms. The lowest BCUT2D eigenvalue weighted by molar-refractivity contribution is -0.142. The molecule has 1 rings (SSSR count). The highest BCUT2D eigenvalue weighted by atomic mass is 19.2. The van der Waals surface area contributed by atoms with Gasteiger partial charge in [0.25, 0.3) is 0 Å². The van der Waals surface area contributed by atoms with E-state index in [9.17, 15) is 31.5 Å². The van der Waals surface area contributed by atoms with Crippen molar-refractivity contribution in [2.75, 3.05) is 152 Å². The summed E-state index contributed by atoms with van der Waals surface area (Å²) >= 11 is 0. The summed E-state index contributed by atoms with van der Waals surface area (Å²) in [6.45, 7) is 7.61. The maximum Gasteiger partial charge on any atom is 0.313 e. The lowest BCUT2D eigenvalue weighted by Gasteiger charge is -2.09. The molecule has 0 aliphatic rings. The Balaban J connectivity index is 1.73. The van der Waals surface area contributed by atoms with Crippen molar-refractivity contribution in [2.24, 2.45) is 0 Å². The van der Waals surface area contributed by atoms with Crippen molar-refractivity contribution in [3.8, 4) is 5.75 Å². The lowest BCUT2D eigenvalue weighted by atomic mass is 10.2. The highest BCUT2D eigenvalue weighted by Crippen LogP contribution is 2.29. The number of rotatable bonds is 37. The molecule has 20 heteroatoms. The molecular formula is C33H51F5O15. The number of carbonyl (C=O) groups is 2. The molecule has 0 bridgehead atoms. The number of ether oxygens (including phenoxy) is 13. The fourth-order valence-corrected chi connectivity index (χ4v) is 3.55. The molecule has 0 radical (unpaired) electrons. The highest BCUT2D eigenvalue weighted by molar-refractivity contribution is 5.72. The van der Waals surface area contributed by atoms with Crippen molar-refractivity contribution in [1.82, 2.24) is 0 Å². The Hall–Kier alpha value is -2.63. The minimum atomic E-state index is -2.35. The van der Waals surface area contributed by atoms with Gasteiger partial charge in [-0.25, -0.2) is 13.2 Å². The minimum absolute atomic E-state index is 0.0750. The molecule has 0 saturated carbocycles. The lowest BCUT2D eigenvalue weighted by Crippen LogP contribution is -2.16. The van der Waals surface area contributed by atoms with Crippen LogP contribution in [0.25, 0.3) is 0 Å². The molecule has 15 nitrogen and oxygen atoms in total. The smallest absolute Gasteiger partial charge is 0.313 e. The van der Waals surface area contributed by atoms with Crippen LogP contribution in [0.4, 0.5) is 22.0 Å². The van der Waals surface area contributed by atoms with E-state index in [4.69, 9.17) is 52.1 Å². The molecule has 53 heavy (non-hydrogen) atoms. The van der Waals surface area contributed by atoms with Crippen LogP contribution in [0.3, 0.4) is 0 Å². The number of halogens is 5. The summed E-state index contributed by atoms with van der Waals surface area (Å²) in [5.41, 5.74) is 0. The van der Waals surface area contributed by atoms with Crippen LogP contribution in [-0.4, -0.2) is 164 Å². The molecule has 0 saturated heterocycles. The third-order valence-electron chi connectivity index (χ3n) is 6.23. The van der Waals surface area contributed by atoms with Crippen molar-refractivity contribution in [2.45, 2.75) is 12.8 Å². The van der Waals surface area contributed by atoms with Gasteiger partial charge in [-0.15, -0.1) is 0 Å². The Morgan fingerprint density at radius 2 is 0.547 bits per heavy atom. The first-order valence-electron chi connectivity index (χ1n) is 16.9. The van der Waals surface area contributed by atoms with Crippen molar-refractivity contribution >= 4 is 11.9 Å². The van der Waals surface area contributed by atoms with Gasteiger partial charge >= 0.3 is 11.9 Å². The van der Waals surface area contributed by atoms with Gasteiger partial charge in [0.2, 0.25) is 34.8 Å². The van der Waals surface area contributed by atoms with E-state index in [2.05, 4.69) is 9.47 Å². The Kier molecular flexibility index (Phi) is 31.0. The number of benzene rings is 1. The molecule has 0 atom stereocenters. The Morgan fingerprint density at radius 1 is 0.340 bits per heavy atom. The third kappa shape index (κ3) is 25.9. The molecular weight excluding hydrogens is 731 g/mol. The minimum Gasteiger partial charge on any atom is -0.469 e. The van der Waals surface area contributed by atoms with E-state index in [0.29, 0.717) is 119 Å². The molecule has 1 aromatic carbocycles. The van der Waals surface area contributed by atoms with Crippen LogP contribution < -0.4 is 4.74 Å². The van der Waals surface area contributed by atoms with Gasteiger partial charge in [-0.05, 0) is 0 Å². The van der Waals surface area contributed by atoms with Gasteiger partial charge in [0, 0.05) is 0 Å². The second-order valence-electron chi connectivity index (χ2n) is 10.2. The molecule has 308 valence electrons. The molecule has 1 aromatic rings. The summed E-state index contributed by atoms with van der Waals surface area (Å²) in [4.78, 5) is 22.6. The molecule has 0 unspecified atom stereocenters. The molecule has 0 aliphatic heterocycles. The quantitative estimate of drug-likeness (QED) is 0.0242. The van der Waals surface area contributed by atoms with Gasteiger partial charge < -0.3 is 61.6 Å². The Labute approximate surface area is 305 Å². The Bertz CT molecular complexity index is 1060. The van der Waals surface area contributed by atoms with Crippen LogP contribution >= 0.6 is 0 Å². The average molecular weight is 783 g/mol. The molecule has 0 amide bonds. The summed E-state index contributed by atoms with van der Waals surface area (Å²) in [7, 11) is 1.33. The topological polar surface area (TPSA) is 154 Å². The van der Waals surface area contributed by atoms with E-state index >= 15 is 0 Å². The second-order valence-corrected chi connectivity index (χ2v) is 10.2. The third-order valence-corrected chi connectivity index (χ3v) is 6.23. The predicted molar refractivity (Wildman–Crippen MR) is 172 cm³/mol. The van der Waals surface area contributed by atoms with E-state index < -0.39 is 47.2 Å². The molecule has 0 N–H and O–H groups in total. The van der Waals surface area contributed by atoms with Crippen LogP contribution in [0.15, 0.2) is 0 Å². The normalized spacial score (nSPS) is 11.4. The van der Waals surface area contributed by atoms with Gasteiger partial charge in [-0.3, -0.25) is 9.59 Å². The molecule has 0 fully saturated rings. The number of esters is 2. The van der Waals surface area contributed by atoms with E-state index in [1.807, 2.05) is 0 Å². The fraction of sp³-hybridized carbons (Fsp3) is 0.758. The first-order chi connectivity index (χ1) is 25.8. The zero-order valence-electron chi connectivity index (χ0n) is 30.0. The SMILES string of the molecule is COC(=O)CCOCCOCCOCCOCCOCCOCCOCCOCCOCCOCCOCCC(=O)Oc1c(F)c(F)c(F)c(F)c1F. The second kappa shape index (κ2) is 33.9. The van der Waals surface area contributed by atoms with Crippen LogP contribution in [0, 0.1) is 29.1 Å². The first kappa shape index (κ1) is 48.4. The van der Waals surface area contributed by atoms with Crippen LogP contribution in [0.5, 0.6) is 5.75 Å². The van der Waals surface area contributed by atoms with Crippen molar-refractivity contribution in [3.05, 3.63) is 29.1 Å². The summed E-state index contributed by atoms with van der Waals surface area (Å²) < 4.78 is 134. The standard InChI is InChI=1S/C33H51F5O15/c1-41-26(39)2-4-42-6-8-44-10-12-46-14-16-48-18-20-50-22-24-52-25-23-51-21-19-49-17-15-47-13-11-45-9-7-43-5-3-27(40)53-33-31(37)29(35)28(34)30(36)32(33)38/h2-25H2,1H3. The van der Waals surface area contributed by atoms with E-state index in [1.165, 1.54) is 7.11 Å². The number of hydrogen-bond donors (Lipinski definition) is 0. The molecule has 0 heterocycles. The number of carbonyl (C=O) groups excluding carboxylic acids is 2. The van der Waals surface area contributed by atoms with Gasteiger partial charge in [0.1, 0.15) is 0 Å². The summed E-state index contributed by atoms with van der Waals surface area (Å²) in [5.74, 6) is -14.5. The monoisotopic (exact) mass is 782 g/mol. The number of hydrogen-bond acceptors (Lipinski definition) is 15. The van der Waals surface area contributed by atoms with Crippen molar-refractivity contribution in [3.63, 3.8) is 0 Å². The average Bonchev–Trinajstić information content (AvgIpc) is 3.16. The highest BCUT2D eigenvalue weighted by Gasteiger charge is 2.28. The van der Waals surface area contributed by atoms with Crippen LogP contribution in [-0.2, 0) is 66.4 Å². The van der Waals surface area contributed by atoms with E-state index in [1.54, 1.807) is 0 Å². The molecule has 0 aromatic heterocycles. The zero-order chi connectivity index (χ0) is 38.8. The summed E-state index contributed by atoms with van der Waals surface area (Å²) in [6.07, 6.45) is -0.270. The fourth-order valence-electron chi connectivity index (χ4n) is 3.55. The zero-order valence-corrected chi connectivity index (χ0v) is 30.0. The summed E-state index contributed by atoms with van der Waals surface area (Å²) in [5, 5.41) is 0. The van der Waals surface area contributed by atoms with Crippen LogP contribution in [0.2, 0.25) is 0 Å². The Morgan fingerprint density at radius 3 is 0.792 bits per heavy atom. The van der Waals surface area contributed by atoms with E-state index in [0.717, 1.165) is 0 Å². The van der Waals surface area contributed by atoms with Gasteiger partial charge in [-0.2, -0.15) is 8.78 Å². The van der Waals surface area contributed by atoms with E-state index in [-0.39, 0.29) is 38.8 Å². The predicted octanol–water partition coefficient (Wildman–Crippen LogP) is 2.42. The van der Waals surface area contributed by atoms with Gasteiger partial charge in [0.05, 0.1) is 165 Å². The molecule has 0 aliphatic carbocycles. The number of methoxy groups -OCH3 is 1. The van der Waals surface area contributed by atoms with Gasteiger partial charge in [-0.1, -0.05) is 0 Å². The van der Waals surface area contributed by atoms with Gasteiger partial charge in [0.15, 0.2) is 0 Å². The largest absolute Gasteiger partial charge is 0.469 e. The van der Waals surface area contributed by atoms with Crippen molar-refractivity contribution < 1.29 is 93.1 Å². The first-order valence-corrected chi connectivity index (χ1v) is 16.9. The summed E-state index contributed by atoms with van der Waals surface area (Å²) in [6, 6.07) is 0. The maximum atomic E-state index is 13.5. The maximum absolute atomic E-state index is 13.5. The van der Waals surface area contributed by atoms with Crippen LogP contribution in [0.1, 0.15) is 12.8 Å². The van der Waals surface area contributed by atoms with Crippen molar-refractivity contribution in [1.29, 1.82) is 0 Å².